The number of hydrogen-bond donors (Lipinski definition) is 8. The largest absolute Gasteiger partial charge is 0.480 e. The van der Waals surface area contributed by atoms with Crippen LogP contribution in [0.25, 0.3) is 0 Å². The van der Waals surface area contributed by atoms with Crippen molar-refractivity contribution in [2.75, 3.05) is 11.5 Å². The van der Waals surface area contributed by atoms with Crippen molar-refractivity contribution in [2.45, 2.75) is 50.9 Å². The predicted molar refractivity (Wildman–Crippen MR) is 121 cm³/mol. The van der Waals surface area contributed by atoms with Gasteiger partial charge in [0.05, 0.1) is 12.4 Å². The van der Waals surface area contributed by atoms with Crippen LogP contribution in [0, 0.1) is 5.92 Å². The molecule has 31 heavy (non-hydrogen) atoms. The monoisotopic (exact) mass is 474 g/mol. The lowest BCUT2D eigenvalue weighted by molar-refractivity contribution is -0.142. The number of nitrogens with one attached hydrogen (secondary N) is 4. The van der Waals surface area contributed by atoms with Crippen LogP contribution in [-0.4, -0.2) is 74.4 Å². The van der Waals surface area contributed by atoms with Crippen LogP contribution in [0.3, 0.4) is 0 Å². The highest BCUT2D eigenvalue weighted by Crippen LogP contribution is 2.07. The number of thiol groups is 2. The number of aliphatic carboxylic acids is 1. The second-order valence-electron chi connectivity index (χ2n) is 7.40. The number of carbonyl (C=O) groups excluding carboxylic acids is 3. The molecule has 11 nitrogen and oxygen atoms in total. The number of nitrogens with zero attached hydrogens (tertiary/aromatic N) is 1. The summed E-state index contributed by atoms with van der Waals surface area (Å²) in [5, 5.41) is 16.9. The van der Waals surface area contributed by atoms with Crippen molar-refractivity contribution in [1.29, 1.82) is 0 Å². The third-order valence-electron chi connectivity index (χ3n) is 4.28. The fourth-order valence-electron chi connectivity index (χ4n) is 2.62. The zero-order valence-electron chi connectivity index (χ0n) is 17.4. The van der Waals surface area contributed by atoms with Gasteiger partial charge in [0.1, 0.15) is 18.1 Å². The molecule has 1 rings (SSSR count). The van der Waals surface area contributed by atoms with Crippen LogP contribution in [0.4, 0.5) is 0 Å². The number of imidazole rings is 1. The molecule has 0 aliphatic heterocycles. The van der Waals surface area contributed by atoms with Crippen molar-refractivity contribution in [1.82, 2.24) is 25.9 Å². The van der Waals surface area contributed by atoms with Gasteiger partial charge in [-0.15, -0.1) is 0 Å². The van der Waals surface area contributed by atoms with Crippen molar-refractivity contribution in [2.24, 2.45) is 11.7 Å². The zero-order chi connectivity index (χ0) is 23.6. The van der Waals surface area contributed by atoms with Crippen LogP contribution < -0.4 is 21.7 Å². The number of carbonyl (C=O) groups is 4. The van der Waals surface area contributed by atoms with Crippen molar-refractivity contribution in [3.8, 4) is 0 Å². The van der Waals surface area contributed by atoms with Gasteiger partial charge in [-0.25, -0.2) is 9.78 Å². The minimum absolute atomic E-state index is 0.0295. The van der Waals surface area contributed by atoms with E-state index in [1.165, 1.54) is 12.5 Å². The molecular weight excluding hydrogens is 444 g/mol. The Kier molecular flexibility index (Phi) is 11.4. The van der Waals surface area contributed by atoms with E-state index in [4.69, 9.17) is 5.73 Å². The number of nitrogens with two attached hydrogens (primary N) is 1. The molecule has 0 aliphatic rings. The molecule has 4 unspecified atom stereocenters. The average Bonchev–Trinajstić information content (AvgIpc) is 3.22. The Morgan fingerprint density at radius 3 is 2.10 bits per heavy atom. The van der Waals surface area contributed by atoms with Gasteiger partial charge in [0, 0.05) is 29.8 Å². The van der Waals surface area contributed by atoms with Crippen molar-refractivity contribution in [3.63, 3.8) is 0 Å². The number of aromatic nitrogens is 2. The molecule has 4 atom stereocenters. The fraction of sp³-hybridized carbons (Fsp3) is 0.611. The standard InChI is InChI=1S/C18H30N6O5S2/c1-9(2)3-13(18(28)29)23-16(26)12(4-10-5-20-8-21-10)22-17(27)14(7-31)24-15(25)11(19)6-30/h5,8-9,11-14,30-31H,3-4,6-7,19H2,1-2H3,(H,20,21)(H,22,27)(H,23,26)(H,24,25)(H,28,29). The van der Waals surface area contributed by atoms with Gasteiger partial charge in [-0.3, -0.25) is 14.4 Å². The Morgan fingerprint density at radius 2 is 1.61 bits per heavy atom. The topological polar surface area (TPSA) is 179 Å². The number of aromatic amines is 1. The van der Waals surface area contributed by atoms with E-state index in [1.807, 2.05) is 13.8 Å². The second kappa shape index (κ2) is 13.2. The molecule has 0 spiro atoms. The maximum atomic E-state index is 12.8. The van der Waals surface area contributed by atoms with Crippen LogP contribution >= 0.6 is 25.3 Å². The van der Waals surface area contributed by atoms with Gasteiger partial charge in [-0.2, -0.15) is 25.3 Å². The SMILES string of the molecule is CC(C)CC(NC(=O)C(Cc1cnc[nH]1)NC(=O)C(CS)NC(=O)C(N)CS)C(=O)O. The van der Waals surface area contributed by atoms with E-state index in [9.17, 15) is 24.3 Å². The third-order valence-corrected chi connectivity index (χ3v) is 5.04. The summed E-state index contributed by atoms with van der Waals surface area (Å²) in [7, 11) is 0. The molecular formula is C18H30N6O5S2. The van der Waals surface area contributed by atoms with E-state index in [1.54, 1.807) is 0 Å². The summed E-state index contributed by atoms with van der Waals surface area (Å²) in [6.07, 6.45) is 3.16. The van der Waals surface area contributed by atoms with E-state index in [-0.39, 0.29) is 30.3 Å². The molecule has 0 fully saturated rings. The van der Waals surface area contributed by atoms with Crippen molar-refractivity contribution < 1.29 is 24.3 Å². The van der Waals surface area contributed by atoms with E-state index < -0.39 is 47.9 Å². The van der Waals surface area contributed by atoms with Gasteiger partial charge in [-0.1, -0.05) is 13.8 Å². The summed E-state index contributed by atoms with van der Waals surface area (Å²) < 4.78 is 0. The molecule has 1 aromatic heterocycles. The molecule has 0 saturated carbocycles. The number of rotatable bonds is 13. The maximum absolute atomic E-state index is 12.8. The molecule has 0 saturated heterocycles. The first kappa shape index (κ1) is 26.8. The molecule has 0 bridgehead atoms. The second-order valence-corrected chi connectivity index (χ2v) is 8.13. The molecule has 13 heteroatoms. The van der Waals surface area contributed by atoms with Crippen molar-refractivity contribution >= 4 is 48.9 Å². The predicted octanol–water partition coefficient (Wildman–Crippen LogP) is -1.28. The Hall–Kier alpha value is -2.25. The van der Waals surface area contributed by atoms with Crippen LogP contribution in [-0.2, 0) is 25.6 Å². The molecule has 0 aliphatic carbocycles. The maximum Gasteiger partial charge on any atom is 0.326 e. The number of H-pyrrole nitrogens is 1. The van der Waals surface area contributed by atoms with Gasteiger partial charge in [0.25, 0.3) is 0 Å². The molecule has 3 amide bonds. The summed E-state index contributed by atoms with van der Waals surface area (Å²) in [5.41, 5.74) is 6.16. The first-order valence-corrected chi connectivity index (χ1v) is 10.9. The van der Waals surface area contributed by atoms with E-state index in [0.29, 0.717) is 5.69 Å². The summed E-state index contributed by atoms with van der Waals surface area (Å²) >= 11 is 8.03. The minimum atomic E-state index is -1.17. The lowest BCUT2D eigenvalue weighted by atomic mass is 10.0. The molecule has 174 valence electrons. The molecule has 1 heterocycles. The van der Waals surface area contributed by atoms with Gasteiger partial charge in [-0.05, 0) is 12.3 Å². The average molecular weight is 475 g/mol. The Labute approximate surface area is 191 Å². The summed E-state index contributed by atoms with van der Waals surface area (Å²) in [5.74, 6) is -3.01. The van der Waals surface area contributed by atoms with E-state index in [0.717, 1.165) is 0 Å². The highest BCUT2D eigenvalue weighted by Gasteiger charge is 2.30. The highest BCUT2D eigenvalue weighted by atomic mass is 32.1. The first-order chi connectivity index (χ1) is 14.6. The number of carboxylic acids is 1. The van der Waals surface area contributed by atoms with E-state index >= 15 is 0 Å². The third kappa shape index (κ3) is 9.19. The lowest BCUT2D eigenvalue weighted by Gasteiger charge is -2.24. The summed E-state index contributed by atoms with van der Waals surface area (Å²) in [4.78, 5) is 55.7. The van der Waals surface area contributed by atoms with Gasteiger partial charge in [0.15, 0.2) is 0 Å². The normalized spacial score (nSPS) is 14.9. The van der Waals surface area contributed by atoms with Gasteiger partial charge < -0.3 is 31.8 Å². The number of hydrogen-bond acceptors (Lipinski definition) is 8. The first-order valence-electron chi connectivity index (χ1n) is 9.67. The van der Waals surface area contributed by atoms with Crippen LogP contribution in [0.2, 0.25) is 0 Å². The van der Waals surface area contributed by atoms with Gasteiger partial charge >= 0.3 is 5.97 Å². The number of carboxylic acid groups (broad SMARTS) is 1. The van der Waals surface area contributed by atoms with Crippen molar-refractivity contribution in [3.05, 3.63) is 18.2 Å². The van der Waals surface area contributed by atoms with Crippen LogP contribution in [0.5, 0.6) is 0 Å². The molecule has 0 aromatic carbocycles. The zero-order valence-corrected chi connectivity index (χ0v) is 19.2. The minimum Gasteiger partial charge on any atom is -0.480 e. The molecule has 7 N–H and O–H groups in total. The lowest BCUT2D eigenvalue weighted by Crippen LogP contribution is -2.58. The van der Waals surface area contributed by atoms with Gasteiger partial charge in [0.2, 0.25) is 17.7 Å². The Bertz CT molecular complexity index is 746. The summed E-state index contributed by atoms with van der Waals surface area (Å²) in [6, 6.07) is -4.18. The van der Waals surface area contributed by atoms with Crippen LogP contribution in [0.1, 0.15) is 26.0 Å². The molecule has 0 radical (unpaired) electrons. The summed E-state index contributed by atoms with van der Waals surface area (Å²) in [6.45, 7) is 3.67. The van der Waals surface area contributed by atoms with E-state index in [2.05, 4.69) is 51.2 Å². The highest BCUT2D eigenvalue weighted by molar-refractivity contribution is 7.80. The Morgan fingerprint density at radius 1 is 1.03 bits per heavy atom. The quantitative estimate of drug-likeness (QED) is 0.164. The van der Waals surface area contributed by atoms with Crippen LogP contribution in [0.15, 0.2) is 12.5 Å². The smallest absolute Gasteiger partial charge is 0.326 e. The fourth-order valence-corrected chi connectivity index (χ4v) is 3.04. The number of amides is 3. The molecule has 1 aromatic rings. The Balaban J connectivity index is 2.96.